The molecule has 2 aliphatic rings. The van der Waals surface area contributed by atoms with Crippen LogP contribution < -0.4 is 5.32 Å². The molecule has 1 spiro atoms. The van der Waals surface area contributed by atoms with E-state index >= 15 is 0 Å². The summed E-state index contributed by atoms with van der Waals surface area (Å²) in [5, 5.41) is 7.72. The molecule has 0 amide bonds. The van der Waals surface area contributed by atoms with E-state index in [0.29, 0.717) is 0 Å². The van der Waals surface area contributed by atoms with Crippen molar-refractivity contribution in [1.29, 1.82) is 0 Å². The van der Waals surface area contributed by atoms with Crippen LogP contribution in [0.15, 0.2) is 16.6 Å². The first-order chi connectivity index (χ1) is 9.10. The van der Waals surface area contributed by atoms with Crippen LogP contribution in [-0.2, 0) is 10.3 Å². The summed E-state index contributed by atoms with van der Waals surface area (Å²) >= 11 is 3.51. The van der Waals surface area contributed by atoms with Gasteiger partial charge in [-0.05, 0) is 26.7 Å². The minimum absolute atomic E-state index is 0.115. The summed E-state index contributed by atoms with van der Waals surface area (Å²) in [5.41, 5.74) is -0.0408. The van der Waals surface area contributed by atoms with E-state index in [4.69, 9.17) is 9.73 Å². The van der Waals surface area contributed by atoms with Gasteiger partial charge < -0.3 is 10.1 Å². The monoisotopic (exact) mass is 297 g/mol. The summed E-state index contributed by atoms with van der Waals surface area (Å²) in [6.07, 6.45) is 3.94. The third-order valence-electron chi connectivity index (χ3n) is 3.63. The Hall–Kier alpha value is -0.590. The molecular weight excluding hydrogens is 278 g/mol. The number of rotatable bonds is 2. The van der Waals surface area contributed by atoms with Crippen LogP contribution in [0.4, 0.5) is 0 Å². The summed E-state index contributed by atoms with van der Waals surface area (Å²) in [4.78, 5) is 9.35. The average Bonchev–Trinajstić information content (AvgIpc) is 3.01. The quantitative estimate of drug-likeness (QED) is 0.911. The fraction of sp³-hybridized carbons (Fsp3) is 0.692. The van der Waals surface area contributed by atoms with Gasteiger partial charge in [0.1, 0.15) is 5.01 Å². The zero-order valence-corrected chi connectivity index (χ0v) is 12.9. The third-order valence-corrected chi connectivity index (χ3v) is 5.87. The smallest absolute Gasteiger partial charge is 0.157 e. The highest BCUT2D eigenvalue weighted by Crippen LogP contribution is 2.36. The Morgan fingerprint density at radius 1 is 1.37 bits per heavy atom. The van der Waals surface area contributed by atoms with Crippen molar-refractivity contribution in [3.05, 3.63) is 16.6 Å². The molecule has 1 fully saturated rings. The molecule has 1 aromatic heterocycles. The van der Waals surface area contributed by atoms with Gasteiger partial charge in [-0.1, -0.05) is 11.8 Å². The Morgan fingerprint density at radius 2 is 2.16 bits per heavy atom. The summed E-state index contributed by atoms with van der Waals surface area (Å²) < 4.78 is 5.44. The Morgan fingerprint density at radius 3 is 2.84 bits per heavy atom. The number of hydrogen-bond donors (Lipinski definition) is 1. The van der Waals surface area contributed by atoms with Crippen molar-refractivity contribution in [3.63, 3.8) is 0 Å². The van der Waals surface area contributed by atoms with Gasteiger partial charge in [-0.2, -0.15) is 0 Å². The number of ether oxygens (including phenoxy) is 1. The second-order valence-electron chi connectivity index (χ2n) is 5.63. The first-order valence-corrected chi connectivity index (χ1v) is 8.45. The maximum atomic E-state index is 5.44. The van der Waals surface area contributed by atoms with Crippen molar-refractivity contribution in [2.45, 2.75) is 37.8 Å². The molecule has 0 unspecified atom stereocenters. The van der Waals surface area contributed by atoms with Crippen molar-refractivity contribution in [3.8, 4) is 0 Å². The molecule has 0 radical (unpaired) electrons. The molecule has 3 heterocycles. The van der Waals surface area contributed by atoms with Gasteiger partial charge in [0.15, 0.2) is 5.17 Å². The highest BCUT2D eigenvalue weighted by molar-refractivity contribution is 8.14. The van der Waals surface area contributed by atoms with Crippen LogP contribution >= 0.6 is 23.1 Å². The lowest BCUT2D eigenvalue weighted by Gasteiger charge is -2.29. The van der Waals surface area contributed by atoms with Gasteiger partial charge in [0.2, 0.25) is 0 Å². The Kier molecular flexibility index (Phi) is 3.57. The van der Waals surface area contributed by atoms with Gasteiger partial charge in [-0.15, -0.1) is 11.3 Å². The van der Waals surface area contributed by atoms with Crippen molar-refractivity contribution in [2.24, 2.45) is 4.99 Å². The minimum Gasteiger partial charge on any atom is -0.381 e. The molecule has 19 heavy (non-hydrogen) atoms. The Bertz CT molecular complexity index is 464. The molecule has 0 aliphatic carbocycles. The van der Waals surface area contributed by atoms with Crippen LogP contribution in [0.2, 0.25) is 0 Å². The van der Waals surface area contributed by atoms with Crippen molar-refractivity contribution in [1.82, 2.24) is 10.3 Å². The molecule has 0 atom stereocenters. The zero-order chi connectivity index (χ0) is 13.3. The standard InChI is InChI=1S/C13H19N3OS2/c1-12(2,10-14-5-8-18-10)15-11-16-13(9-19-11)3-6-17-7-4-13/h5,8H,3-4,6-7,9H2,1-2H3,(H,15,16). The number of nitrogens with one attached hydrogen (secondary N) is 1. The molecule has 1 saturated heterocycles. The molecule has 3 rings (SSSR count). The van der Waals surface area contributed by atoms with Crippen LogP contribution in [0.1, 0.15) is 31.7 Å². The van der Waals surface area contributed by atoms with Crippen molar-refractivity contribution in [2.75, 3.05) is 19.0 Å². The molecule has 1 aromatic rings. The number of thioether (sulfide) groups is 1. The summed E-state index contributed by atoms with van der Waals surface area (Å²) in [6, 6.07) is 0. The largest absolute Gasteiger partial charge is 0.381 e. The van der Waals surface area contributed by atoms with E-state index in [-0.39, 0.29) is 11.1 Å². The van der Waals surface area contributed by atoms with E-state index in [0.717, 1.165) is 42.0 Å². The van der Waals surface area contributed by atoms with Crippen LogP contribution in [0.3, 0.4) is 0 Å². The van der Waals surface area contributed by atoms with Gasteiger partial charge in [0.25, 0.3) is 0 Å². The summed E-state index contributed by atoms with van der Waals surface area (Å²) in [6.45, 7) is 5.99. The first kappa shape index (κ1) is 13.4. The predicted octanol–water partition coefficient (Wildman–Crippen LogP) is 2.62. The van der Waals surface area contributed by atoms with E-state index in [1.807, 2.05) is 23.3 Å². The lowest BCUT2D eigenvalue weighted by Crippen LogP contribution is -2.39. The molecule has 4 nitrogen and oxygen atoms in total. The maximum Gasteiger partial charge on any atom is 0.157 e. The molecule has 6 heteroatoms. The van der Waals surface area contributed by atoms with Crippen molar-refractivity contribution < 1.29 is 4.74 Å². The SMILES string of the molecule is CC(C)(NC1=NC2(CCOCC2)CS1)c1nccs1. The van der Waals surface area contributed by atoms with Gasteiger partial charge in [-0.25, -0.2) is 4.98 Å². The molecule has 2 aliphatic heterocycles. The van der Waals surface area contributed by atoms with Gasteiger partial charge >= 0.3 is 0 Å². The first-order valence-electron chi connectivity index (χ1n) is 6.58. The van der Waals surface area contributed by atoms with Gasteiger partial charge in [0.05, 0.1) is 11.1 Å². The van der Waals surface area contributed by atoms with Crippen LogP contribution in [0, 0.1) is 0 Å². The van der Waals surface area contributed by atoms with E-state index in [1.54, 1.807) is 11.3 Å². The number of nitrogens with zero attached hydrogens (tertiary/aromatic N) is 2. The Labute approximate surface area is 122 Å². The highest BCUT2D eigenvalue weighted by atomic mass is 32.2. The summed E-state index contributed by atoms with van der Waals surface area (Å²) in [7, 11) is 0. The molecule has 104 valence electrons. The van der Waals surface area contributed by atoms with Crippen LogP contribution in [0.25, 0.3) is 0 Å². The number of thiazole rings is 1. The average molecular weight is 297 g/mol. The lowest BCUT2D eigenvalue weighted by atomic mass is 9.93. The Balaban J connectivity index is 1.72. The van der Waals surface area contributed by atoms with Gasteiger partial charge in [0, 0.05) is 30.5 Å². The molecule has 0 bridgehead atoms. The fourth-order valence-corrected chi connectivity index (χ4v) is 4.47. The van der Waals surface area contributed by atoms with Crippen molar-refractivity contribution >= 4 is 28.3 Å². The third kappa shape index (κ3) is 2.80. The predicted molar refractivity (Wildman–Crippen MR) is 81.0 cm³/mol. The summed E-state index contributed by atoms with van der Waals surface area (Å²) in [5.74, 6) is 1.08. The number of aromatic nitrogens is 1. The number of aliphatic imine (C=N–C) groups is 1. The lowest BCUT2D eigenvalue weighted by molar-refractivity contribution is 0.0623. The zero-order valence-electron chi connectivity index (χ0n) is 11.3. The topological polar surface area (TPSA) is 46.5 Å². The van der Waals surface area contributed by atoms with Crippen LogP contribution in [-0.4, -0.2) is 34.7 Å². The van der Waals surface area contributed by atoms with Crippen LogP contribution in [0.5, 0.6) is 0 Å². The van der Waals surface area contributed by atoms with E-state index in [9.17, 15) is 0 Å². The van der Waals surface area contributed by atoms with E-state index < -0.39 is 0 Å². The fourth-order valence-electron chi connectivity index (χ4n) is 2.41. The molecule has 0 aromatic carbocycles. The molecular formula is C13H19N3OS2. The molecule has 0 saturated carbocycles. The highest BCUT2D eigenvalue weighted by Gasteiger charge is 2.38. The van der Waals surface area contributed by atoms with E-state index in [2.05, 4.69) is 24.1 Å². The number of amidine groups is 1. The normalized spacial score (nSPS) is 22.5. The number of hydrogen-bond acceptors (Lipinski definition) is 6. The van der Waals surface area contributed by atoms with Gasteiger partial charge in [-0.3, -0.25) is 4.99 Å². The maximum absolute atomic E-state index is 5.44. The molecule has 1 N–H and O–H groups in total. The minimum atomic E-state index is -0.156. The second-order valence-corrected chi connectivity index (χ2v) is 7.49. The van der Waals surface area contributed by atoms with E-state index in [1.165, 1.54) is 0 Å². The second kappa shape index (κ2) is 5.07.